The molecule has 0 radical (unpaired) electrons. The molecule has 0 spiro atoms. The van der Waals surface area contributed by atoms with E-state index in [1.807, 2.05) is 54.6 Å². The maximum Gasteiger partial charge on any atom is 0.239 e. The topological polar surface area (TPSA) is 50.4 Å². The first-order chi connectivity index (χ1) is 12.7. The molecule has 26 heavy (non-hydrogen) atoms. The van der Waals surface area contributed by atoms with Crippen LogP contribution in [0.5, 0.6) is 11.5 Å². The van der Waals surface area contributed by atoms with Crippen molar-refractivity contribution in [2.75, 3.05) is 11.9 Å². The molecule has 0 saturated heterocycles. The van der Waals surface area contributed by atoms with Crippen molar-refractivity contribution in [2.45, 2.75) is 6.54 Å². The molecule has 5 heteroatoms. The molecule has 0 atom stereocenters. The van der Waals surface area contributed by atoms with E-state index in [1.165, 1.54) is 12.1 Å². The van der Waals surface area contributed by atoms with Crippen LogP contribution in [0.2, 0.25) is 0 Å². The highest BCUT2D eigenvalue weighted by Gasteiger charge is 2.07. The van der Waals surface area contributed by atoms with E-state index in [-0.39, 0.29) is 18.3 Å². The number of amides is 1. The Kier molecular flexibility index (Phi) is 5.83. The largest absolute Gasteiger partial charge is 0.455 e. The standard InChI is InChI=1S/C21H19FN2O2/c22-17-12-10-16(11-13-17)14-24-21(25)15-23-19-8-4-5-9-20(19)26-18-6-2-1-3-7-18/h1-13,23H,14-15H2,(H,24,25). The smallest absolute Gasteiger partial charge is 0.239 e. The molecule has 3 aromatic carbocycles. The normalized spacial score (nSPS) is 10.2. The SMILES string of the molecule is O=C(CNc1ccccc1Oc1ccccc1)NCc1ccc(F)cc1. The Bertz CT molecular complexity index is 851. The molecule has 0 bridgehead atoms. The molecule has 0 aliphatic rings. The van der Waals surface area contributed by atoms with Gasteiger partial charge in [-0.3, -0.25) is 4.79 Å². The van der Waals surface area contributed by atoms with Crippen LogP contribution in [0, 0.1) is 5.82 Å². The number of hydrogen-bond donors (Lipinski definition) is 2. The number of benzene rings is 3. The third-order valence-corrected chi connectivity index (χ3v) is 3.70. The fourth-order valence-corrected chi connectivity index (χ4v) is 2.36. The zero-order valence-electron chi connectivity index (χ0n) is 14.1. The number of halogens is 1. The first-order valence-corrected chi connectivity index (χ1v) is 8.27. The second-order valence-electron chi connectivity index (χ2n) is 5.67. The van der Waals surface area contributed by atoms with Crippen LogP contribution in [-0.2, 0) is 11.3 Å². The highest BCUT2D eigenvalue weighted by Crippen LogP contribution is 2.28. The average Bonchev–Trinajstić information content (AvgIpc) is 2.68. The van der Waals surface area contributed by atoms with Gasteiger partial charge in [-0.2, -0.15) is 0 Å². The van der Waals surface area contributed by atoms with Gasteiger partial charge in [0.15, 0.2) is 5.75 Å². The minimum Gasteiger partial charge on any atom is -0.455 e. The number of carbonyl (C=O) groups excluding carboxylic acids is 1. The summed E-state index contributed by atoms with van der Waals surface area (Å²) in [4.78, 5) is 12.0. The van der Waals surface area contributed by atoms with E-state index in [4.69, 9.17) is 4.74 Å². The van der Waals surface area contributed by atoms with Crippen molar-refractivity contribution in [3.8, 4) is 11.5 Å². The van der Waals surface area contributed by atoms with Crippen molar-refractivity contribution in [3.63, 3.8) is 0 Å². The molecule has 132 valence electrons. The molecule has 0 saturated carbocycles. The molecule has 2 N–H and O–H groups in total. The Balaban J connectivity index is 1.54. The first-order valence-electron chi connectivity index (χ1n) is 8.27. The van der Waals surface area contributed by atoms with Gasteiger partial charge in [0.05, 0.1) is 12.2 Å². The van der Waals surface area contributed by atoms with Gasteiger partial charge >= 0.3 is 0 Å². The lowest BCUT2D eigenvalue weighted by Crippen LogP contribution is -2.29. The number of nitrogens with one attached hydrogen (secondary N) is 2. The van der Waals surface area contributed by atoms with Crippen molar-refractivity contribution in [1.29, 1.82) is 0 Å². The summed E-state index contributed by atoms with van der Waals surface area (Å²) in [6, 6.07) is 22.9. The molecule has 4 nitrogen and oxygen atoms in total. The van der Waals surface area contributed by atoms with Crippen molar-refractivity contribution in [1.82, 2.24) is 5.32 Å². The van der Waals surface area contributed by atoms with Crippen molar-refractivity contribution < 1.29 is 13.9 Å². The predicted octanol–water partition coefficient (Wildman–Crippen LogP) is 4.35. The Labute approximate surface area is 151 Å². The minimum atomic E-state index is -0.295. The van der Waals surface area contributed by atoms with Crippen LogP contribution in [0.4, 0.5) is 10.1 Å². The summed E-state index contributed by atoms with van der Waals surface area (Å²) >= 11 is 0. The van der Waals surface area contributed by atoms with Gasteiger partial charge in [0, 0.05) is 6.54 Å². The first kappa shape index (κ1) is 17.5. The Morgan fingerprint density at radius 3 is 2.35 bits per heavy atom. The fraction of sp³-hybridized carbons (Fsp3) is 0.0952. The monoisotopic (exact) mass is 350 g/mol. The zero-order chi connectivity index (χ0) is 18.2. The maximum atomic E-state index is 12.9. The Hall–Kier alpha value is -3.34. The van der Waals surface area contributed by atoms with E-state index in [0.29, 0.717) is 12.3 Å². The van der Waals surface area contributed by atoms with E-state index in [1.54, 1.807) is 12.1 Å². The molecule has 3 aromatic rings. The summed E-state index contributed by atoms with van der Waals surface area (Å²) in [6.45, 7) is 0.458. The van der Waals surface area contributed by atoms with Gasteiger partial charge < -0.3 is 15.4 Å². The van der Waals surface area contributed by atoms with Crippen LogP contribution in [-0.4, -0.2) is 12.5 Å². The maximum absolute atomic E-state index is 12.9. The van der Waals surface area contributed by atoms with Gasteiger partial charge in [-0.15, -0.1) is 0 Å². The summed E-state index contributed by atoms with van der Waals surface area (Å²) in [5, 5.41) is 5.87. The highest BCUT2D eigenvalue weighted by atomic mass is 19.1. The van der Waals surface area contributed by atoms with Gasteiger partial charge in [-0.25, -0.2) is 4.39 Å². The van der Waals surface area contributed by atoms with E-state index in [0.717, 1.165) is 17.0 Å². The number of carbonyl (C=O) groups is 1. The number of para-hydroxylation sites is 3. The number of ether oxygens (including phenoxy) is 1. The van der Waals surface area contributed by atoms with E-state index >= 15 is 0 Å². The fourth-order valence-electron chi connectivity index (χ4n) is 2.36. The number of hydrogen-bond acceptors (Lipinski definition) is 3. The lowest BCUT2D eigenvalue weighted by molar-refractivity contribution is -0.119. The molecule has 0 aromatic heterocycles. The van der Waals surface area contributed by atoms with Crippen molar-refractivity contribution >= 4 is 11.6 Å². The molecule has 0 aliphatic heterocycles. The van der Waals surface area contributed by atoms with Gasteiger partial charge in [0.2, 0.25) is 5.91 Å². The van der Waals surface area contributed by atoms with Gasteiger partial charge in [-0.1, -0.05) is 42.5 Å². The lowest BCUT2D eigenvalue weighted by atomic mass is 10.2. The quantitative estimate of drug-likeness (QED) is 0.666. The summed E-state index contributed by atoms with van der Waals surface area (Å²) < 4.78 is 18.7. The predicted molar refractivity (Wildman–Crippen MR) is 99.7 cm³/mol. The Morgan fingerprint density at radius 2 is 1.58 bits per heavy atom. The van der Waals surface area contributed by atoms with Gasteiger partial charge in [-0.05, 0) is 42.0 Å². The third kappa shape index (κ3) is 5.08. The molecular formula is C21H19FN2O2. The van der Waals surface area contributed by atoms with Gasteiger partial charge in [0.1, 0.15) is 11.6 Å². The molecule has 0 unspecified atom stereocenters. The minimum absolute atomic E-state index is 0.107. The average molecular weight is 350 g/mol. The third-order valence-electron chi connectivity index (χ3n) is 3.70. The van der Waals surface area contributed by atoms with E-state index in [9.17, 15) is 9.18 Å². The lowest BCUT2D eigenvalue weighted by Gasteiger charge is -2.13. The second kappa shape index (κ2) is 8.67. The van der Waals surface area contributed by atoms with Crippen LogP contribution in [0.1, 0.15) is 5.56 Å². The summed E-state index contributed by atoms with van der Waals surface area (Å²) in [6.07, 6.45) is 0. The van der Waals surface area contributed by atoms with Gasteiger partial charge in [0.25, 0.3) is 0 Å². The van der Waals surface area contributed by atoms with Crippen LogP contribution in [0.25, 0.3) is 0 Å². The highest BCUT2D eigenvalue weighted by molar-refractivity contribution is 5.81. The van der Waals surface area contributed by atoms with Crippen molar-refractivity contribution in [3.05, 3.63) is 90.2 Å². The summed E-state index contributed by atoms with van der Waals surface area (Å²) in [5.41, 5.74) is 1.57. The van der Waals surface area contributed by atoms with Crippen LogP contribution < -0.4 is 15.4 Å². The van der Waals surface area contributed by atoms with Crippen LogP contribution in [0.15, 0.2) is 78.9 Å². The molecular weight excluding hydrogens is 331 g/mol. The molecule has 1 amide bonds. The second-order valence-corrected chi connectivity index (χ2v) is 5.67. The number of rotatable bonds is 7. The molecule has 0 fully saturated rings. The zero-order valence-corrected chi connectivity index (χ0v) is 14.1. The molecule has 0 aliphatic carbocycles. The van der Waals surface area contributed by atoms with Crippen LogP contribution in [0.3, 0.4) is 0 Å². The number of anilines is 1. The Morgan fingerprint density at radius 1 is 0.885 bits per heavy atom. The summed E-state index contributed by atoms with van der Waals surface area (Å²) in [7, 11) is 0. The van der Waals surface area contributed by atoms with E-state index in [2.05, 4.69) is 10.6 Å². The molecule has 0 heterocycles. The molecule has 3 rings (SSSR count). The van der Waals surface area contributed by atoms with Crippen LogP contribution >= 0.6 is 0 Å². The van der Waals surface area contributed by atoms with Crippen molar-refractivity contribution in [2.24, 2.45) is 0 Å². The van der Waals surface area contributed by atoms with E-state index < -0.39 is 0 Å². The summed E-state index contributed by atoms with van der Waals surface area (Å²) in [5.74, 6) is 0.910.